The van der Waals surface area contributed by atoms with Crippen molar-refractivity contribution in [1.29, 1.82) is 0 Å². The maximum absolute atomic E-state index is 12.1. The SMILES string of the molecule is CCOc1cc(C)ccc1NC(=O)C(C)C(C)C(=O)O. The second kappa shape index (κ2) is 6.93. The first-order chi connectivity index (χ1) is 9.36. The predicted molar refractivity (Wildman–Crippen MR) is 76.9 cm³/mol. The van der Waals surface area contributed by atoms with E-state index in [-0.39, 0.29) is 5.91 Å². The van der Waals surface area contributed by atoms with E-state index in [1.165, 1.54) is 6.92 Å². The molecule has 0 radical (unpaired) electrons. The molecule has 0 aliphatic heterocycles. The Balaban J connectivity index is 2.87. The fourth-order valence-corrected chi connectivity index (χ4v) is 1.70. The first kappa shape index (κ1) is 16.0. The summed E-state index contributed by atoms with van der Waals surface area (Å²) in [6.07, 6.45) is 0. The highest BCUT2D eigenvalue weighted by atomic mass is 16.5. The van der Waals surface area contributed by atoms with Crippen LogP contribution in [0.2, 0.25) is 0 Å². The number of hydrogen-bond donors (Lipinski definition) is 2. The first-order valence-electron chi connectivity index (χ1n) is 6.64. The number of carbonyl (C=O) groups excluding carboxylic acids is 1. The average molecular weight is 279 g/mol. The number of hydrogen-bond acceptors (Lipinski definition) is 3. The minimum Gasteiger partial charge on any atom is -0.492 e. The van der Waals surface area contributed by atoms with Crippen molar-refractivity contribution in [2.75, 3.05) is 11.9 Å². The molecular weight excluding hydrogens is 258 g/mol. The molecule has 0 spiro atoms. The number of amides is 1. The Morgan fingerprint density at radius 2 is 1.95 bits per heavy atom. The van der Waals surface area contributed by atoms with Crippen molar-refractivity contribution in [2.24, 2.45) is 11.8 Å². The quantitative estimate of drug-likeness (QED) is 0.839. The standard InChI is InChI=1S/C15H21NO4/c1-5-20-13-8-9(2)6-7-12(13)16-14(17)10(3)11(4)15(18)19/h6-8,10-11H,5H2,1-4H3,(H,16,17)(H,18,19). The zero-order chi connectivity index (χ0) is 15.3. The van der Waals surface area contributed by atoms with Gasteiger partial charge in [-0.2, -0.15) is 0 Å². The van der Waals surface area contributed by atoms with Crippen LogP contribution < -0.4 is 10.1 Å². The van der Waals surface area contributed by atoms with Crippen LogP contribution in [0.5, 0.6) is 5.75 Å². The zero-order valence-corrected chi connectivity index (χ0v) is 12.3. The lowest BCUT2D eigenvalue weighted by molar-refractivity contribution is -0.145. The summed E-state index contributed by atoms with van der Waals surface area (Å²) in [5, 5.41) is 11.7. The van der Waals surface area contributed by atoms with Crippen LogP contribution >= 0.6 is 0 Å². The summed E-state index contributed by atoms with van der Waals surface area (Å²) >= 11 is 0. The third kappa shape index (κ3) is 3.98. The number of anilines is 1. The summed E-state index contributed by atoms with van der Waals surface area (Å²) in [4.78, 5) is 23.0. The Labute approximate surface area is 118 Å². The molecule has 1 amide bonds. The van der Waals surface area contributed by atoms with E-state index in [1.807, 2.05) is 26.0 Å². The van der Waals surface area contributed by atoms with Crippen LogP contribution in [0.4, 0.5) is 5.69 Å². The molecule has 0 fully saturated rings. The summed E-state index contributed by atoms with van der Waals surface area (Å²) in [5.41, 5.74) is 1.59. The number of benzene rings is 1. The molecular formula is C15H21NO4. The highest BCUT2D eigenvalue weighted by Crippen LogP contribution is 2.27. The van der Waals surface area contributed by atoms with Crippen LogP contribution in [0.15, 0.2) is 18.2 Å². The summed E-state index contributed by atoms with van der Waals surface area (Å²) in [6, 6.07) is 5.46. The van der Waals surface area contributed by atoms with Gasteiger partial charge in [0.1, 0.15) is 5.75 Å². The fourth-order valence-electron chi connectivity index (χ4n) is 1.70. The Morgan fingerprint density at radius 3 is 2.50 bits per heavy atom. The maximum atomic E-state index is 12.1. The van der Waals surface area contributed by atoms with Gasteiger partial charge in [0, 0.05) is 5.92 Å². The van der Waals surface area contributed by atoms with E-state index in [2.05, 4.69) is 5.32 Å². The maximum Gasteiger partial charge on any atom is 0.307 e. The van der Waals surface area contributed by atoms with E-state index in [1.54, 1.807) is 13.0 Å². The summed E-state index contributed by atoms with van der Waals surface area (Å²) in [7, 11) is 0. The largest absolute Gasteiger partial charge is 0.492 e. The lowest BCUT2D eigenvalue weighted by Gasteiger charge is -2.17. The molecule has 5 heteroatoms. The summed E-state index contributed by atoms with van der Waals surface area (Å²) < 4.78 is 5.48. The first-order valence-corrected chi connectivity index (χ1v) is 6.64. The third-order valence-electron chi connectivity index (χ3n) is 3.25. The minimum absolute atomic E-state index is 0.329. The lowest BCUT2D eigenvalue weighted by Crippen LogP contribution is -2.30. The number of carboxylic acids is 1. The van der Waals surface area contributed by atoms with Gasteiger partial charge in [-0.3, -0.25) is 9.59 Å². The second-order valence-corrected chi connectivity index (χ2v) is 4.84. The molecule has 1 rings (SSSR count). The van der Waals surface area contributed by atoms with E-state index < -0.39 is 17.8 Å². The third-order valence-corrected chi connectivity index (χ3v) is 3.25. The van der Waals surface area contributed by atoms with E-state index in [0.29, 0.717) is 18.0 Å². The topological polar surface area (TPSA) is 75.6 Å². The van der Waals surface area contributed by atoms with E-state index >= 15 is 0 Å². The van der Waals surface area contributed by atoms with Crippen LogP contribution in [0, 0.1) is 18.8 Å². The van der Waals surface area contributed by atoms with Gasteiger partial charge in [-0.25, -0.2) is 0 Å². The molecule has 2 N–H and O–H groups in total. The van der Waals surface area contributed by atoms with Crippen molar-refractivity contribution < 1.29 is 19.4 Å². The number of rotatable bonds is 6. The van der Waals surface area contributed by atoms with Gasteiger partial charge in [-0.05, 0) is 31.5 Å². The molecule has 20 heavy (non-hydrogen) atoms. The molecule has 110 valence electrons. The normalized spacial score (nSPS) is 13.4. The van der Waals surface area contributed by atoms with E-state index in [0.717, 1.165) is 5.56 Å². The van der Waals surface area contributed by atoms with Gasteiger partial charge >= 0.3 is 5.97 Å². The number of ether oxygens (including phenoxy) is 1. The smallest absolute Gasteiger partial charge is 0.307 e. The van der Waals surface area contributed by atoms with Gasteiger partial charge in [-0.15, -0.1) is 0 Å². The Kier molecular flexibility index (Phi) is 5.55. The number of carbonyl (C=O) groups is 2. The van der Waals surface area contributed by atoms with Gasteiger partial charge in [0.25, 0.3) is 0 Å². The number of nitrogens with one attached hydrogen (secondary N) is 1. The Morgan fingerprint density at radius 1 is 1.30 bits per heavy atom. The van der Waals surface area contributed by atoms with E-state index in [9.17, 15) is 9.59 Å². The van der Waals surface area contributed by atoms with Gasteiger partial charge in [0.05, 0.1) is 18.2 Å². The molecule has 0 saturated carbocycles. The number of aryl methyl sites for hydroxylation is 1. The van der Waals surface area contributed by atoms with Gasteiger partial charge in [0.15, 0.2) is 0 Å². The second-order valence-electron chi connectivity index (χ2n) is 4.84. The Hall–Kier alpha value is -2.04. The molecule has 2 unspecified atom stereocenters. The van der Waals surface area contributed by atoms with Crippen molar-refractivity contribution >= 4 is 17.6 Å². The molecule has 1 aromatic rings. The highest BCUT2D eigenvalue weighted by molar-refractivity contribution is 5.95. The van der Waals surface area contributed by atoms with E-state index in [4.69, 9.17) is 9.84 Å². The molecule has 2 atom stereocenters. The van der Waals surface area contributed by atoms with Crippen molar-refractivity contribution in [3.63, 3.8) is 0 Å². The zero-order valence-electron chi connectivity index (χ0n) is 12.3. The van der Waals surface area contributed by atoms with Crippen LogP contribution in [0.25, 0.3) is 0 Å². The van der Waals surface area contributed by atoms with Crippen LogP contribution in [-0.2, 0) is 9.59 Å². The van der Waals surface area contributed by atoms with Crippen molar-refractivity contribution in [2.45, 2.75) is 27.7 Å². The number of aliphatic carboxylic acids is 1. The fraction of sp³-hybridized carbons (Fsp3) is 0.467. The van der Waals surface area contributed by atoms with Gasteiger partial charge in [0.2, 0.25) is 5.91 Å². The van der Waals surface area contributed by atoms with Gasteiger partial charge in [-0.1, -0.05) is 19.9 Å². The highest BCUT2D eigenvalue weighted by Gasteiger charge is 2.26. The van der Waals surface area contributed by atoms with Crippen LogP contribution in [0.1, 0.15) is 26.3 Å². The summed E-state index contributed by atoms with van der Waals surface area (Å²) in [6.45, 7) is 7.41. The molecule has 0 aromatic heterocycles. The predicted octanol–water partition coefficient (Wildman–Crippen LogP) is 2.69. The van der Waals surface area contributed by atoms with Crippen molar-refractivity contribution in [3.05, 3.63) is 23.8 Å². The molecule has 0 aliphatic rings. The molecule has 1 aromatic carbocycles. The molecule has 0 aliphatic carbocycles. The van der Waals surface area contributed by atoms with Crippen LogP contribution in [0.3, 0.4) is 0 Å². The lowest BCUT2D eigenvalue weighted by atomic mass is 9.95. The molecule has 0 saturated heterocycles. The van der Waals surface area contributed by atoms with Gasteiger partial charge < -0.3 is 15.2 Å². The Bertz CT molecular complexity index is 499. The van der Waals surface area contributed by atoms with Crippen molar-refractivity contribution in [1.82, 2.24) is 0 Å². The summed E-state index contributed by atoms with van der Waals surface area (Å²) in [5.74, 6) is -2.08. The molecule has 0 heterocycles. The van der Waals surface area contributed by atoms with Crippen LogP contribution in [-0.4, -0.2) is 23.6 Å². The van der Waals surface area contributed by atoms with Crippen molar-refractivity contribution in [3.8, 4) is 5.75 Å². The molecule has 0 bridgehead atoms. The number of carboxylic acid groups (broad SMARTS) is 1. The average Bonchev–Trinajstić information content (AvgIpc) is 2.40. The molecule has 5 nitrogen and oxygen atoms in total. The minimum atomic E-state index is -0.985. The monoisotopic (exact) mass is 279 g/mol.